The lowest BCUT2D eigenvalue weighted by Crippen LogP contribution is -2.25. The number of aryl methyl sites for hydroxylation is 4. The molecule has 0 bridgehead atoms. The molecule has 5 heteroatoms. The van der Waals surface area contributed by atoms with Crippen LogP contribution in [0.5, 0.6) is 0 Å². The zero-order valence-electron chi connectivity index (χ0n) is 14.2. The van der Waals surface area contributed by atoms with E-state index in [9.17, 15) is 4.79 Å². The van der Waals surface area contributed by atoms with Gasteiger partial charge in [-0.15, -0.1) is 11.3 Å². The second-order valence-electron chi connectivity index (χ2n) is 6.05. The molecule has 0 saturated heterocycles. The maximum Gasteiger partial charge on any atom is 0.252 e. The molecule has 0 atom stereocenters. The van der Waals surface area contributed by atoms with Crippen LogP contribution >= 0.6 is 11.3 Å². The number of nitrogens with zero attached hydrogens (tertiary/aromatic N) is 2. The van der Waals surface area contributed by atoms with Crippen molar-refractivity contribution in [2.45, 2.75) is 33.6 Å². The molecule has 1 amide bonds. The van der Waals surface area contributed by atoms with Crippen LogP contribution in [-0.2, 0) is 6.42 Å². The number of carbonyl (C=O) groups excluding carboxylic acids is 1. The predicted octanol–water partition coefficient (Wildman–Crippen LogP) is 3.98. The largest absolute Gasteiger partial charge is 0.352 e. The molecule has 0 aliphatic rings. The molecule has 0 saturated carbocycles. The highest BCUT2D eigenvalue weighted by atomic mass is 32.1. The average Bonchev–Trinajstić information content (AvgIpc) is 2.96. The highest BCUT2D eigenvalue weighted by molar-refractivity contribution is 7.09. The molecule has 0 spiro atoms. The van der Waals surface area contributed by atoms with Gasteiger partial charge < -0.3 is 5.32 Å². The number of hydrogen-bond acceptors (Lipinski definition) is 4. The summed E-state index contributed by atoms with van der Waals surface area (Å²) in [6.45, 7) is 6.63. The van der Waals surface area contributed by atoms with E-state index in [1.165, 1.54) is 4.88 Å². The van der Waals surface area contributed by atoms with Crippen LogP contribution in [0.3, 0.4) is 0 Å². The number of thiazole rings is 1. The first-order chi connectivity index (χ1) is 11.5. The van der Waals surface area contributed by atoms with Gasteiger partial charge in [0.1, 0.15) is 0 Å². The lowest BCUT2D eigenvalue weighted by Gasteiger charge is -2.09. The van der Waals surface area contributed by atoms with Gasteiger partial charge in [-0.3, -0.25) is 9.78 Å². The number of pyridine rings is 1. The molecule has 2 aromatic heterocycles. The molecule has 4 nitrogen and oxygen atoms in total. The molecule has 0 fully saturated rings. The quantitative estimate of drug-likeness (QED) is 0.715. The van der Waals surface area contributed by atoms with Gasteiger partial charge in [0.15, 0.2) is 0 Å². The highest BCUT2D eigenvalue weighted by Crippen LogP contribution is 2.20. The second-order valence-corrected chi connectivity index (χ2v) is 6.99. The molecule has 2 heterocycles. The van der Waals surface area contributed by atoms with Crippen LogP contribution in [0, 0.1) is 20.8 Å². The summed E-state index contributed by atoms with van der Waals surface area (Å²) in [5, 5.41) is 3.95. The van der Waals surface area contributed by atoms with Crippen molar-refractivity contribution in [1.29, 1.82) is 0 Å². The Morgan fingerprint density at radius 2 is 2.04 bits per heavy atom. The molecule has 3 rings (SSSR count). The van der Waals surface area contributed by atoms with Crippen molar-refractivity contribution in [3.05, 3.63) is 57.2 Å². The van der Waals surface area contributed by atoms with Crippen molar-refractivity contribution in [2.75, 3.05) is 6.54 Å². The maximum absolute atomic E-state index is 12.6. The summed E-state index contributed by atoms with van der Waals surface area (Å²) in [5.74, 6) is -0.0304. The SMILES string of the molecule is Cc1ccc2nc(C)cc(C(=O)NCCCc3scnc3C)c2c1. The van der Waals surface area contributed by atoms with Crippen molar-refractivity contribution in [3.8, 4) is 0 Å². The van der Waals surface area contributed by atoms with Gasteiger partial charge in [-0.25, -0.2) is 4.98 Å². The summed E-state index contributed by atoms with van der Waals surface area (Å²) >= 11 is 1.68. The zero-order valence-corrected chi connectivity index (χ0v) is 15.0. The summed E-state index contributed by atoms with van der Waals surface area (Å²) in [6.07, 6.45) is 1.86. The van der Waals surface area contributed by atoms with Crippen molar-refractivity contribution in [1.82, 2.24) is 15.3 Å². The molecular weight excluding hydrogens is 318 g/mol. The normalized spacial score (nSPS) is 11.0. The summed E-state index contributed by atoms with van der Waals surface area (Å²) in [5.41, 5.74) is 6.52. The number of nitrogens with one attached hydrogen (secondary N) is 1. The van der Waals surface area contributed by atoms with Gasteiger partial charge >= 0.3 is 0 Å². The Morgan fingerprint density at radius 1 is 1.21 bits per heavy atom. The molecule has 1 aromatic carbocycles. The average molecular weight is 339 g/mol. The molecule has 0 radical (unpaired) electrons. The van der Waals surface area contributed by atoms with Gasteiger partial charge in [0.05, 0.1) is 22.3 Å². The Balaban J connectivity index is 1.69. The summed E-state index contributed by atoms with van der Waals surface area (Å²) in [7, 11) is 0. The maximum atomic E-state index is 12.6. The van der Waals surface area contributed by atoms with Gasteiger partial charge in [0.25, 0.3) is 5.91 Å². The molecule has 1 N–H and O–H groups in total. The molecule has 0 aliphatic heterocycles. The Morgan fingerprint density at radius 3 is 2.79 bits per heavy atom. The van der Waals surface area contributed by atoms with E-state index in [0.29, 0.717) is 12.1 Å². The summed E-state index contributed by atoms with van der Waals surface area (Å²) in [4.78, 5) is 22.7. The predicted molar refractivity (Wildman–Crippen MR) is 98.7 cm³/mol. The molecule has 0 aliphatic carbocycles. The first kappa shape index (κ1) is 16.6. The van der Waals surface area contributed by atoms with Crippen molar-refractivity contribution >= 4 is 28.1 Å². The number of hydrogen-bond donors (Lipinski definition) is 1. The third kappa shape index (κ3) is 3.62. The molecule has 24 heavy (non-hydrogen) atoms. The summed E-state index contributed by atoms with van der Waals surface area (Å²) < 4.78 is 0. The number of fused-ring (bicyclic) bond motifs is 1. The van der Waals surface area contributed by atoms with E-state index in [1.807, 2.05) is 50.5 Å². The van der Waals surface area contributed by atoms with Crippen molar-refractivity contribution in [3.63, 3.8) is 0 Å². The van der Waals surface area contributed by atoms with E-state index in [2.05, 4.69) is 15.3 Å². The fourth-order valence-corrected chi connectivity index (χ4v) is 3.60. The van der Waals surface area contributed by atoms with E-state index in [-0.39, 0.29) is 5.91 Å². The van der Waals surface area contributed by atoms with Crippen LogP contribution in [0.25, 0.3) is 10.9 Å². The summed E-state index contributed by atoms with van der Waals surface area (Å²) in [6, 6.07) is 7.89. The van der Waals surface area contributed by atoms with Gasteiger partial charge in [-0.05, 0) is 51.8 Å². The van der Waals surface area contributed by atoms with Crippen LogP contribution in [0.1, 0.15) is 38.6 Å². The van der Waals surface area contributed by atoms with Crippen LogP contribution < -0.4 is 5.32 Å². The second kappa shape index (κ2) is 7.09. The molecule has 124 valence electrons. The lowest BCUT2D eigenvalue weighted by molar-refractivity contribution is 0.0954. The zero-order chi connectivity index (χ0) is 17.1. The Hall–Kier alpha value is -2.27. The number of carbonyl (C=O) groups is 1. The molecule has 0 unspecified atom stereocenters. The van der Waals surface area contributed by atoms with E-state index >= 15 is 0 Å². The standard InChI is InChI=1S/C19H21N3OS/c1-12-6-7-17-15(9-12)16(10-13(2)22-17)19(23)20-8-4-5-18-14(3)21-11-24-18/h6-7,9-11H,4-5,8H2,1-3H3,(H,20,23). The van der Waals surface area contributed by atoms with Crippen LogP contribution in [0.2, 0.25) is 0 Å². The fraction of sp³-hybridized carbons (Fsp3) is 0.316. The first-order valence-corrected chi connectivity index (χ1v) is 8.98. The third-order valence-electron chi connectivity index (χ3n) is 4.05. The minimum absolute atomic E-state index is 0.0304. The van der Waals surface area contributed by atoms with Crippen LogP contribution in [0.4, 0.5) is 0 Å². The Kier molecular flexibility index (Phi) is 4.90. The van der Waals surface area contributed by atoms with Crippen LogP contribution in [0.15, 0.2) is 29.8 Å². The Bertz CT molecular complexity index is 885. The van der Waals surface area contributed by atoms with Crippen molar-refractivity contribution < 1.29 is 4.79 Å². The van der Waals surface area contributed by atoms with E-state index < -0.39 is 0 Å². The fourth-order valence-electron chi connectivity index (χ4n) is 2.77. The highest BCUT2D eigenvalue weighted by Gasteiger charge is 2.12. The van der Waals surface area contributed by atoms with E-state index in [4.69, 9.17) is 0 Å². The number of amides is 1. The van der Waals surface area contributed by atoms with Gasteiger partial charge in [-0.1, -0.05) is 11.6 Å². The van der Waals surface area contributed by atoms with Gasteiger partial charge in [-0.2, -0.15) is 0 Å². The third-order valence-corrected chi connectivity index (χ3v) is 5.04. The van der Waals surface area contributed by atoms with Gasteiger partial charge in [0, 0.05) is 22.5 Å². The van der Waals surface area contributed by atoms with Gasteiger partial charge in [0.2, 0.25) is 0 Å². The lowest BCUT2D eigenvalue weighted by atomic mass is 10.0. The smallest absolute Gasteiger partial charge is 0.252 e. The molecule has 3 aromatic rings. The Labute approximate surface area is 146 Å². The van der Waals surface area contributed by atoms with Crippen LogP contribution in [-0.4, -0.2) is 22.4 Å². The monoisotopic (exact) mass is 339 g/mol. The number of rotatable bonds is 5. The first-order valence-electron chi connectivity index (χ1n) is 8.10. The van der Waals surface area contributed by atoms with Crippen molar-refractivity contribution in [2.24, 2.45) is 0 Å². The van der Waals surface area contributed by atoms with E-state index in [1.54, 1.807) is 11.3 Å². The molecular formula is C19H21N3OS. The minimum atomic E-state index is -0.0304. The number of aromatic nitrogens is 2. The number of benzene rings is 1. The topological polar surface area (TPSA) is 54.9 Å². The van der Waals surface area contributed by atoms with E-state index in [0.717, 1.165) is 40.7 Å². The minimum Gasteiger partial charge on any atom is -0.352 e.